The largest absolute Gasteiger partial charge is 0.479 e. The molecule has 114 valence electrons. The molecular weight excluding hydrogens is 304 g/mol. The lowest BCUT2D eigenvalue weighted by molar-refractivity contribution is -0.171. The summed E-state index contributed by atoms with van der Waals surface area (Å²) in [5, 5.41) is 21.4. The lowest BCUT2D eigenvalue weighted by atomic mass is 10.1. The Kier molecular flexibility index (Phi) is 6.60. The average Bonchev–Trinajstić information content (AvgIpc) is 2.42. The minimum Gasteiger partial charge on any atom is -0.479 e. The summed E-state index contributed by atoms with van der Waals surface area (Å²) in [6, 6.07) is 6.68. The van der Waals surface area contributed by atoms with Gasteiger partial charge in [-0.1, -0.05) is 28.9 Å². The Morgan fingerprint density at radius 3 is 2.48 bits per heavy atom. The van der Waals surface area contributed by atoms with E-state index in [1.807, 2.05) is 5.48 Å². The third-order valence-corrected chi connectivity index (χ3v) is 2.42. The van der Waals surface area contributed by atoms with E-state index < -0.39 is 24.8 Å². The van der Waals surface area contributed by atoms with Crippen molar-refractivity contribution < 1.29 is 29.5 Å². The van der Waals surface area contributed by atoms with Crippen molar-refractivity contribution in [2.75, 3.05) is 6.61 Å². The fraction of sp³-hybridized carbons (Fsp3) is 0.250. The molecule has 0 saturated carbocycles. The highest BCUT2D eigenvalue weighted by molar-refractivity contribution is 6.30. The molecule has 8 nitrogen and oxygen atoms in total. The number of nitrogens with zero attached hydrogens (tertiary/aromatic N) is 1. The van der Waals surface area contributed by atoms with Gasteiger partial charge in [0.25, 0.3) is 6.23 Å². The van der Waals surface area contributed by atoms with E-state index in [0.29, 0.717) is 16.3 Å². The van der Waals surface area contributed by atoms with E-state index in [1.165, 1.54) is 0 Å². The van der Waals surface area contributed by atoms with Crippen molar-refractivity contribution in [1.29, 1.82) is 0 Å². The molecule has 0 aliphatic rings. The molecule has 0 aliphatic carbocycles. The van der Waals surface area contributed by atoms with Crippen LogP contribution in [0.2, 0.25) is 5.02 Å². The Hall–Kier alpha value is -2.16. The molecule has 0 saturated heterocycles. The van der Waals surface area contributed by atoms with E-state index in [4.69, 9.17) is 26.7 Å². The number of rotatable bonds is 8. The topological polar surface area (TPSA) is 117 Å². The van der Waals surface area contributed by atoms with Crippen LogP contribution in [-0.2, 0) is 19.3 Å². The van der Waals surface area contributed by atoms with Crippen molar-refractivity contribution in [3.63, 3.8) is 0 Å². The number of nitrogens with one attached hydrogen (secondary N) is 1. The third kappa shape index (κ3) is 6.21. The minimum atomic E-state index is -1.63. The van der Waals surface area contributed by atoms with Crippen LogP contribution < -0.4 is 5.48 Å². The number of carbonyl (C=O) groups is 2. The smallest absolute Gasteiger partial charge is 0.365 e. The van der Waals surface area contributed by atoms with Gasteiger partial charge in [0, 0.05) is 5.02 Å². The summed E-state index contributed by atoms with van der Waals surface area (Å²) < 4.78 is 0. The number of carboxylic acid groups (broad SMARTS) is 2. The molecule has 1 rings (SSSR count). The Labute approximate surface area is 124 Å². The van der Waals surface area contributed by atoms with Gasteiger partial charge in [0.1, 0.15) is 0 Å². The molecule has 3 N–H and O–H groups in total. The van der Waals surface area contributed by atoms with Crippen molar-refractivity contribution in [2.45, 2.75) is 13.2 Å². The molecule has 0 heterocycles. The van der Waals surface area contributed by atoms with Crippen LogP contribution in [0.3, 0.4) is 0 Å². The Balaban J connectivity index is 2.62. The summed E-state index contributed by atoms with van der Waals surface area (Å²) >= 11 is 5.74. The summed E-state index contributed by atoms with van der Waals surface area (Å²) in [6.45, 7) is 0.896. The minimum absolute atomic E-state index is 0.415. The van der Waals surface area contributed by atoms with E-state index >= 15 is 0 Å². The first-order chi connectivity index (χ1) is 9.90. The summed E-state index contributed by atoms with van der Waals surface area (Å²) in [5.74, 6) is -2.67. The Morgan fingerprint density at radius 1 is 1.33 bits per heavy atom. The van der Waals surface area contributed by atoms with E-state index in [1.54, 1.807) is 31.2 Å². The number of hydrogen-bond donors (Lipinski definition) is 3. The molecule has 1 unspecified atom stereocenters. The number of hydrogen-bond acceptors (Lipinski definition) is 6. The first-order valence-electron chi connectivity index (χ1n) is 5.68. The Bertz CT molecular complexity index is 531. The SMILES string of the molecule is CC(=NOC(NOCC(=O)O)C(=O)O)c1ccc(Cl)cc1. The van der Waals surface area contributed by atoms with Gasteiger partial charge in [-0.05, 0) is 24.6 Å². The predicted molar refractivity (Wildman–Crippen MR) is 72.9 cm³/mol. The molecule has 1 atom stereocenters. The summed E-state index contributed by atoms with van der Waals surface area (Å²) in [7, 11) is 0. The van der Waals surface area contributed by atoms with Gasteiger partial charge < -0.3 is 15.1 Å². The molecule has 1 aromatic carbocycles. The molecule has 1 aromatic rings. The predicted octanol–water partition coefficient (Wildman–Crippen LogP) is 1.10. The second kappa shape index (κ2) is 8.20. The van der Waals surface area contributed by atoms with Crippen molar-refractivity contribution >= 4 is 29.3 Å². The van der Waals surface area contributed by atoms with Gasteiger partial charge in [-0.25, -0.2) is 9.59 Å². The first-order valence-corrected chi connectivity index (χ1v) is 6.06. The second-order valence-electron chi connectivity index (χ2n) is 3.81. The molecule has 0 radical (unpaired) electrons. The standard InChI is InChI=1S/C12H13ClN2O6/c1-7(8-2-4-9(13)5-3-8)14-21-11(12(18)19)15-20-6-10(16)17/h2-5,11,15H,6H2,1H3,(H,16,17)(H,18,19). The van der Waals surface area contributed by atoms with Gasteiger partial charge in [0.05, 0.1) is 5.71 Å². The zero-order chi connectivity index (χ0) is 15.8. The summed E-state index contributed by atoms with van der Waals surface area (Å²) in [6.07, 6.45) is -1.63. The summed E-state index contributed by atoms with van der Waals surface area (Å²) in [4.78, 5) is 30.3. The van der Waals surface area contributed by atoms with Crippen LogP contribution in [-0.4, -0.2) is 40.7 Å². The third-order valence-electron chi connectivity index (χ3n) is 2.17. The van der Waals surface area contributed by atoms with E-state index in [0.717, 1.165) is 0 Å². The lowest BCUT2D eigenvalue weighted by Crippen LogP contribution is -2.39. The van der Waals surface area contributed by atoms with Crippen molar-refractivity contribution in [2.24, 2.45) is 5.16 Å². The van der Waals surface area contributed by atoms with E-state index in [9.17, 15) is 9.59 Å². The fourth-order valence-electron chi connectivity index (χ4n) is 1.17. The molecule has 9 heteroatoms. The maximum absolute atomic E-state index is 10.9. The van der Waals surface area contributed by atoms with Gasteiger partial charge in [-0.3, -0.25) is 4.84 Å². The van der Waals surface area contributed by atoms with Gasteiger partial charge in [0.15, 0.2) is 6.61 Å². The molecular formula is C12H13ClN2O6. The maximum atomic E-state index is 10.9. The zero-order valence-electron chi connectivity index (χ0n) is 10.9. The van der Waals surface area contributed by atoms with Gasteiger partial charge in [-0.15, -0.1) is 0 Å². The number of aliphatic carboxylic acids is 2. The van der Waals surface area contributed by atoms with Crippen LogP contribution in [0.1, 0.15) is 12.5 Å². The molecule has 0 aromatic heterocycles. The highest BCUT2D eigenvalue weighted by Crippen LogP contribution is 2.10. The first kappa shape index (κ1) is 16.9. The number of carboxylic acids is 2. The summed E-state index contributed by atoms with van der Waals surface area (Å²) in [5.41, 5.74) is 3.04. The van der Waals surface area contributed by atoms with E-state index in [2.05, 4.69) is 9.99 Å². The van der Waals surface area contributed by atoms with Crippen molar-refractivity contribution in [1.82, 2.24) is 5.48 Å². The molecule has 0 amide bonds. The molecule has 21 heavy (non-hydrogen) atoms. The molecule has 0 fully saturated rings. The van der Waals surface area contributed by atoms with Crippen LogP contribution in [0.5, 0.6) is 0 Å². The molecule has 0 bridgehead atoms. The number of halogens is 1. The normalized spacial score (nSPS) is 12.8. The van der Waals surface area contributed by atoms with E-state index in [-0.39, 0.29) is 0 Å². The number of oxime groups is 1. The van der Waals surface area contributed by atoms with Gasteiger partial charge in [-0.2, -0.15) is 5.48 Å². The number of hydroxylamine groups is 1. The van der Waals surface area contributed by atoms with Crippen LogP contribution in [0, 0.1) is 0 Å². The maximum Gasteiger partial charge on any atom is 0.365 e. The van der Waals surface area contributed by atoms with Crippen LogP contribution in [0.15, 0.2) is 29.4 Å². The average molecular weight is 317 g/mol. The van der Waals surface area contributed by atoms with Gasteiger partial charge >= 0.3 is 11.9 Å². The van der Waals surface area contributed by atoms with Gasteiger partial charge in [0.2, 0.25) is 0 Å². The second-order valence-corrected chi connectivity index (χ2v) is 4.24. The zero-order valence-corrected chi connectivity index (χ0v) is 11.7. The molecule has 0 spiro atoms. The highest BCUT2D eigenvalue weighted by atomic mass is 35.5. The molecule has 0 aliphatic heterocycles. The monoisotopic (exact) mass is 316 g/mol. The van der Waals surface area contributed by atoms with Crippen molar-refractivity contribution in [3.8, 4) is 0 Å². The highest BCUT2D eigenvalue weighted by Gasteiger charge is 2.19. The van der Waals surface area contributed by atoms with Crippen LogP contribution in [0.4, 0.5) is 0 Å². The number of benzene rings is 1. The van der Waals surface area contributed by atoms with Crippen molar-refractivity contribution in [3.05, 3.63) is 34.9 Å². The quantitative estimate of drug-likeness (QED) is 0.373. The lowest BCUT2D eigenvalue weighted by Gasteiger charge is -2.12. The van der Waals surface area contributed by atoms with Crippen LogP contribution >= 0.6 is 11.6 Å². The fourth-order valence-corrected chi connectivity index (χ4v) is 1.30. The Morgan fingerprint density at radius 2 is 1.95 bits per heavy atom. The van der Waals surface area contributed by atoms with Crippen LogP contribution in [0.25, 0.3) is 0 Å².